The van der Waals surface area contributed by atoms with Crippen LogP contribution in [0.25, 0.3) is 0 Å². The molecule has 1 aromatic rings. The van der Waals surface area contributed by atoms with Crippen molar-refractivity contribution >= 4 is 9.84 Å². The van der Waals surface area contributed by atoms with E-state index < -0.39 is 27.8 Å². The summed E-state index contributed by atoms with van der Waals surface area (Å²) in [5.41, 5.74) is 1.34. The lowest BCUT2D eigenvalue weighted by Gasteiger charge is -2.21. The van der Waals surface area contributed by atoms with Gasteiger partial charge in [-0.05, 0) is 18.1 Å². The highest BCUT2D eigenvalue weighted by Crippen LogP contribution is 2.24. The van der Waals surface area contributed by atoms with E-state index in [0.717, 1.165) is 11.8 Å². The molecule has 0 amide bonds. The summed E-state index contributed by atoms with van der Waals surface area (Å²) in [5, 5.41) is 17.8. The molecule has 0 fully saturated rings. The Morgan fingerprint density at radius 3 is 2.31 bits per heavy atom. The second kappa shape index (κ2) is 4.95. The van der Waals surface area contributed by atoms with Crippen molar-refractivity contribution in [3.05, 3.63) is 35.4 Å². The molecule has 2 unspecified atom stereocenters. The van der Waals surface area contributed by atoms with Gasteiger partial charge in [0.15, 0.2) is 9.84 Å². The number of rotatable bonds is 4. The molecule has 0 spiro atoms. The molecule has 0 saturated carbocycles. The summed E-state index contributed by atoms with van der Waals surface area (Å²) in [6.07, 6.45) is -0.184. The topological polar surface area (TPSA) is 74.6 Å². The summed E-state index contributed by atoms with van der Waals surface area (Å²) >= 11 is 0. The number of hydrogen-bond acceptors (Lipinski definition) is 4. The number of aryl methyl sites for hydroxylation is 1. The first kappa shape index (κ1) is 13.2. The summed E-state index contributed by atoms with van der Waals surface area (Å²) < 4.78 is 22.7. The average molecular weight is 244 g/mol. The van der Waals surface area contributed by atoms with E-state index in [9.17, 15) is 13.5 Å². The zero-order valence-corrected chi connectivity index (χ0v) is 10.1. The van der Waals surface area contributed by atoms with Gasteiger partial charge in [0, 0.05) is 6.26 Å². The lowest BCUT2D eigenvalue weighted by atomic mass is 10.0. The largest absolute Gasteiger partial charge is 0.395 e. The molecule has 0 aromatic heterocycles. The Labute approximate surface area is 95.5 Å². The summed E-state index contributed by atoms with van der Waals surface area (Å²) in [4.78, 5) is 0. The van der Waals surface area contributed by atoms with Crippen LogP contribution in [0.15, 0.2) is 24.3 Å². The first-order valence-corrected chi connectivity index (χ1v) is 6.86. The molecule has 0 radical (unpaired) electrons. The molecule has 90 valence electrons. The van der Waals surface area contributed by atoms with Gasteiger partial charge in [-0.15, -0.1) is 0 Å². The average Bonchev–Trinajstić information content (AvgIpc) is 2.17. The Kier molecular flexibility index (Phi) is 4.07. The molecule has 2 atom stereocenters. The van der Waals surface area contributed by atoms with E-state index in [2.05, 4.69) is 0 Å². The molecule has 4 nitrogen and oxygen atoms in total. The van der Waals surface area contributed by atoms with Crippen molar-refractivity contribution < 1.29 is 18.6 Å². The van der Waals surface area contributed by atoms with Crippen molar-refractivity contribution in [3.8, 4) is 0 Å². The highest BCUT2D eigenvalue weighted by molar-refractivity contribution is 7.91. The highest BCUT2D eigenvalue weighted by atomic mass is 32.2. The van der Waals surface area contributed by atoms with Crippen molar-refractivity contribution in [3.63, 3.8) is 0 Å². The fourth-order valence-corrected chi connectivity index (χ4v) is 2.47. The maximum atomic E-state index is 11.4. The van der Waals surface area contributed by atoms with E-state index >= 15 is 0 Å². The lowest BCUT2D eigenvalue weighted by Crippen LogP contribution is -2.31. The Bertz CT molecular complexity index is 453. The highest BCUT2D eigenvalue weighted by Gasteiger charge is 2.30. The molecular weight excluding hydrogens is 228 g/mol. The molecule has 2 N–H and O–H groups in total. The predicted molar refractivity (Wildman–Crippen MR) is 61.9 cm³/mol. The quantitative estimate of drug-likeness (QED) is 0.805. The molecule has 0 saturated heterocycles. The summed E-state index contributed by atoms with van der Waals surface area (Å²) in [6, 6.07) is 6.98. The van der Waals surface area contributed by atoms with Gasteiger partial charge in [0.1, 0.15) is 5.25 Å². The SMILES string of the molecule is Cc1ccccc1C(O)C(CO)S(C)(=O)=O. The Balaban J connectivity index is 3.10. The van der Waals surface area contributed by atoms with Gasteiger partial charge < -0.3 is 10.2 Å². The summed E-state index contributed by atoms with van der Waals surface area (Å²) in [6.45, 7) is 1.20. The van der Waals surface area contributed by atoms with Gasteiger partial charge in [0.05, 0.1) is 12.7 Å². The van der Waals surface area contributed by atoms with Crippen LogP contribution >= 0.6 is 0 Å². The zero-order valence-electron chi connectivity index (χ0n) is 9.29. The maximum Gasteiger partial charge on any atom is 0.155 e. The van der Waals surface area contributed by atoms with Gasteiger partial charge in [-0.2, -0.15) is 0 Å². The van der Waals surface area contributed by atoms with E-state index in [1.54, 1.807) is 31.2 Å². The molecule has 0 bridgehead atoms. The Morgan fingerprint density at radius 2 is 1.88 bits per heavy atom. The van der Waals surface area contributed by atoms with Crippen LogP contribution in [0, 0.1) is 6.92 Å². The smallest absolute Gasteiger partial charge is 0.155 e. The van der Waals surface area contributed by atoms with E-state index in [1.807, 2.05) is 0 Å². The molecule has 5 heteroatoms. The number of aliphatic hydroxyl groups is 2. The molecule has 0 aliphatic carbocycles. The molecule has 1 rings (SSSR count). The minimum absolute atomic E-state index is 0.534. The number of benzene rings is 1. The predicted octanol–water partition coefficient (Wildman–Crippen LogP) is 0.434. The Morgan fingerprint density at radius 1 is 1.31 bits per heavy atom. The third-order valence-electron chi connectivity index (χ3n) is 2.59. The van der Waals surface area contributed by atoms with Crippen molar-refractivity contribution in [2.45, 2.75) is 18.3 Å². The lowest BCUT2D eigenvalue weighted by molar-refractivity contribution is 0.137. The first-order chi connectivity index (χ1) is 7.38. The van der Waals surface area contributed by atoms with Crippen LogP contribution < -0.4 is 0 Å². The molecule has 1 aromatic carbocycles. The van der Waals surface area contributed by atoms with Crippen LogP contribution in [-0.2, 0) is 9.84 Å². The van der Waals surface area contributed by atoms with Crippen LogP contribution in [0.4, 0.5) is 0 Å². The van der Waals surface area contributed by atoms with Crippen molar-refractivity contribution in [2.24, 2.45) is 0 Å². The van der Waals surface area contributed by atoms with Crippen LogP contribution in [0.5, 0.6) is 0 Å². The molecule has 0 aliphatic heterocycles. The van der Waals surface area contributed by atoms with Gasteiger partial charge in [0.25, 0.3) is 0 Å². The molecule has 16 heavy (non-hydrogen) atoms. The van der Waals surface area contributed by atoms with Gasteiger partial charge in [-0.3, -0.25) is 0 Å². The van der Waals surface area contributed by atoms with Gasteiger partial charge in [0.2, 0.25) is 0 Å². The second-order valence-corrected chi connectivity index (χ2v) is 6.12. The van der Waals surface area contributed by atoms with Gasteiger partial charge in [-0.25, -0.2) is 8.42 Å². The molecular formula is C11H16O4S. The number of hydrogen-bond donors (Lipinski definition) is 2. The van der Waals surface area contributed by atoms with Crippen LogP contribution in [-0.4, -0.2) is 36.7 Å². The first-order valence-electron chi connectivity index (χ1n) is 4.91. The Hall–Kier alpha value is -0.910. The third kappa shape index (κ3) is 2.81. The maximum absolute atomic E-state index is 11.4. The zero-order chi connectivity index (χ0) is 12.3. The normalized spacial score (nSPS) is 15.8. The third-order valence-corrected chi connectivity index (χ3v) is 4.10. The minimum Gasteiger partial charge on any atom is -0.395 e. The van der Waals surface area contributed by atoms with Crippen molar-refractivity contribution in [1.29, 1.82) is 0 Å². The van der Waals surface area contributed by atoms with Crippen LogP contribution in [0.2, 0.25) is 0 Å². The number of sulfone groups is 1. The van der Waals surface area contributed by atoms with Crippen LogP contribution in [0.3, 0.4) is 0 Å². The van der Waals surface area contributed by atoms with E-state index in [-0.39, 0.29) is 0 Å². The van der Waals surface area contributed by atoms with Crippen molar-refractivity contribution in [2.75, 3.05) is 12.9 Å². The van der Waals surface area contributed by atoms with E-state index in [4.69, 9.17) is 5.11 Å². The van der Waals surface area contributed by atoms with Crippen molar-refractivity contribution in [1.82, 2.24) is 0 Å². The van der Waals surface area contributed by atoms with Gasteiger partial charge >= 0.3 is 0 Å². The number of aliphatic hydroxyl groups excluding tert-OH is 2. The second-order valence-electron chi connectivity index (χ2n) is 3.85. The minimum atomic E-state index is -3.48. The monoisotopic (exact) mass is 244 g/mol. The fourth-order valence-electron chi connectivity index (χ4n) is 1.59. The fraction of sp³-hybridized carbons (Fsp3) is 0.455. The molecule has 0 aliphatic rings. The standard InChI is InChI=1S/C11H16O4S/c1-8-5-3-4-6-9(8)11(13)10(7-12)16(2,14)15/h3-6,10-13H,7H2,1-2H3. The van der Waals surface area contributed by atoms with E-state index in [0.29, 0.717) is 5.56 Å². The molecule has 0 heterocycles. The van der Waals surface area contributed by atoms with Crippen LogP contribution in [0.1, 0.15) is 17.2 Å². The summed E-state index contributed by atoms with van der Waals surface area (Å²) in [5.74, 6) is 0. The van der Waals surface area contributed by atoms with E-state index in [1.165, 1.54) is 0 Å². The van der Waals surface area contributed by atoms with Gasteiger partial charge in [-0.1, -0.05) is 24.3 Å². The summed E-state index contributed by atoms with van der Waals surface area (Å²) in [7, 11) is -3.48.